The number of amides is 1. The van der Waals surface area contributed by atoms with E-state index in [0.29, 0.717) is 38.4 Å². The molecule has 1 amide bonds. The molecular formula is C26H21Cl2FN2O3. The van der Waals surface area contributed by atoms with Gasteiger partial charge in [0.2, 0.25) is 0 Å². The fourth-order valence-electron chi connectivity index (χ4n) is 4.25. The van der Waals surface area contributed by atoms with Gasteiger partial charge in [-0.05, 0) is 68.8 Å². The summed E-state index contributed by atoms with van der Waals surface area (Å²) in [7, 11) is 1.26. The van der Waals surface area contributed by atoms with Crippen molar-refractivity contribution < 1.29 is 18.7 Å². The number of halogens is 3. The largest absolute Gasteiger partial charge is 0.465 e. The number of aromatic nitrogens is 1. The fraction of sp³-hybridized carbons (Fsp3) is 0.154. The van der Waals surface area contributed by atoms with Crippen molar-refractivity contribution in [1.29, 1.82) is 0 Å². The summed E-state index contributed by atoms with van der Waals surface area (Å²) in [6.07, 6.45) is 1.63. The minimum absolute atomic E-state index is 0.138. The smallest absolute Gasteiger partial charge is 0.340 e. The number of para-hydroxylation sites is 1. The van der Waals surface area contributed by atoms with Crippen molar-refractivity contribution in [1.82, 2.24) is 4.57 Å². The lowest BCUT2D eigenvalue weighted by atomic mass is 10.0. The van der Waals surface area contributed by atoms with Crippen LogP contribution in [0, 0.1) is 19.7 Å². The molecule has 174 valence electrons. The van der Waals surface area contributed by atoms with E-state index in [0.717, 1.165) is 5.69 Å². The molecule has 8 heteroatoms. The van der Waals surface area contributed by atoms with Crippen LogP contribution in [0.1, 0.15) is 23.9 Å². The van der Waals surface area contributed by atoms with E-state index in [1.165, 1.54) is 18.1 Å². The Balaban J connectivity index is 1.88. The van der Waals surface area contributed by atoms with E-state index >= 15 is 0 Å². The second-order valence-corrected chi connectivity index (χ2v) is 8.76. The molecule has 0 saturated carbocycles. The van der Waals surface area contributed by atoms with Crippen LogP contribution in [0.5, 0.6) is 0 Å². The zero-order valence-electron chi connectivity index (χ0n) is 18.9. The van der Waals surface area contributed by atoms with Gasteiger partial charge in [-0.15, -0.1) is 0 Å². The van der Waals surface area contributed by atoms with Crippen molar-refractivity contribution in [2.45, 2.75) is 20.8 Å². The molecular weight excluding hydrogens is 478 g/mol. The highest BCUT2D eigenvalue weighted by Crippen LogP contribution is 2.38. The van der Waals surface area contributed by atoms with Crippen molar-refractivity contribution in [2.75, 3.05) is 12.0 Å². The van der Waals surface area contributed by atoms with Crippen LogP contribution in [0.4, 0.5) is 10.1 Å². The number of hydrogen-bond acceptors (Lipinski definition) is 3. The number of nitrogens with zero attached hydrogens (tertiary/aromatic N) is 2. The number of ether oxygens (including phenoxy) is 1. The minimum Gasteiger partial charge on any atom is -0.465 e. The number of allylic oxidation sites excluding steroid dienone is 1. The minimum atomic E-state index is -0.643. The molecule has 0 spiro atoms. The van der Waals surface area contributed by atoms with Gasteiger partial charge < -0.3 is 9.30 Å². The Bertz CT molecular complexity index is 1380. The van der Waals surface area contributed by atoms with Crippen molar-refractivity contribution in [3.63, 3.8) is 0 Å². The van der Waals surface area contributed by atoms with E-state index in [9.17, 15) is 14.0 Å². The van der Waals surface area contributed by atoms with Crippen LogP contribution < -0.4 is 4.90 Å². The van der Waals surface area contributed by atoms with Crippen molar-refractivity contribution in [3.8, 4) is 5.69 Å². The molecule has 1 aliphatic rings. The SMILES string of the molecule is COC(=O)C1=C(C)N(c2cc(Cl)cc(Cl)c2)C(=O)/C1=C\c1cc(C)n(-c2ccccc2F)c1C. The van der Waals surface area contributed by atoms with Crippen LogP contribution in [0.2, 0.25) is 10.0 Å². The maximum absolute atomic E-state index is 14.5. The highest BCUT2D eigenvalue weighted by molar-refractivity contribution is 6.35. The molecule has 1 aliphatic heterocycles. The van der Waals surface area contributed by atoms with Crippen molar-refractivity contribution in [2.24, 2.45) is 0 Å². The quantitative estimate of drug-likeness (QED) is 0.308. The number of rotatable bonds is 4. The van der Waals surface area contributed by atoms with Gasteiger partial charge in [0.25, 0.3) is 5.91 Å². The molecule has 0 radical (unpaired) electrons. The molecule has 3 aromatic rings. The number of hydrogen-bond donors (Lipinski definition) is 0. The summed E-state index contributed by atoms with van der Waals surface area (Å²) in [5, 5.41) is 0.710. The first-order valence-electron chi connectivity index (χ1n) is 10.4. The second kappa shape index (κ2) is 9.12. The third-order valence-corrected chi connectivity index (χ3v) is 6.19. The summed E-state index contributed by atoms with van der Waals surface area (Å²) in [6, 6.07) is 13.0. The van der Waals surface area contributed by atoms with Crippen LogP contribution in [-0.4, -0.2) is 23.6 Å². The monoisotopic (exact) mass is 498 g/mol. The van der Waals surface area contributed by atoms with Crippen LogP contribution >= 0.6 is 23.2 Å². The standard InChI is InChI=1S/C26H21Cl2FN2O3/c1-14-9-17(15(2)30(14)23-8-6-5-7-22(23)29)10-21-24(26(33)34-4)16(3)31(25(21)32)20-12-18(27)11-19(28)13-20/h5-13H,1-4H3/b21-10-. The van der Waals surface area contributed by atoms with Gasteiger partial charge in [0.05, 0.1) is 29.6 Å². The second-order valence-electron chi connectivity index (χ2n) is 7.89. The van der Waals surface area contributed by atoms with Crippen LogP contribution in [0.3, 0.4) is 0 Å². The third kappa shape index (κ3) is 4.04. The van der Waals surface area contributed by atoms with Gasteiger partial charge in [-0.2, -0.15) is 0 Å². The van der Waals surface area contributed by atoms with Gasteiger partial charge >= 0.3 is 5.97 Å². The van der Waals surface area contributed by atoms with Gasteiger partial charge in [0.15, 0.2) is 0 Å². The van der Waals surface area contributed by atoms with Gasteiger partial charge in [-0.25, -0.2) is 9.18 Å². The van der Waals surface area contributed by atoms with Gasteiger partial charge in [-0.3, -0.25) is 9.69 Å². The maximum atomic E-state index is 14.5. The van der Waals surface area contributed by atoms with Crippen LogP contribution in [0.15, 0.2) is 65.4 Å². The number of esters is 1. The van der Waals surface area contributed by atoms with E-state index in [4.69, 9.17) is 27.9 Å². The molecule has 0 bridgehead atoms. The summed E-state index contributed by atoms with van der Waals surface area (Å²) in [5.41, 5.74) is 3.69. The van der Waals surface area contributed by atoms with Gasteiger partial charge in [0.1, 0.15) is 5.82 Å². The number of carbonyl (C=O) groups excluding carboxylic acids is 2. The van der Waals surface area contributed by atoms with Gasteiger partial charge in [0, 0.05) is 27.1 Å². The Kier molecular flexibility index (Phi) is 6.39. The molecule has 0 saturated heterocycles. The third-order valence-electron chi connectivity index (χ3n) is 5.76. The van der Waals surface area contributed by atoms with E-state index in [1.54, 1.807) is 54.0 Å². The average molecular weight is 499 g/mol. The Morgan fingerprint density at radius 1 is 1.03 bits per heavy atom. The van der Waals surface area contributed by atoms with E-state index in [-0.39, 0.29) is 17.0 Å². The van der Waals surface area contributed by atoms with Crippen LogP contribution in [-0.2, 0) is 14.3 Å². The Labute approximate surface area is 206 Å². The summed E-state index contributed by atoms with van der Waals surface area (Å²) < 4.78 is 21.2. The topological polar surface area (TPSA) is 51.5 Å². The van der Waals surface area contributed by atoms with Crippen LogP contribution in [0.25, 0.3) is 11.8 Å². The molecule has 2 aromatic carbocycles. The predicted molar refractivity (Wildman–Crippen MR) is 132 cm³/mol. The number of benzene rings is 2. The predicted octanol–water partition coefficient (Wildman–Crippen LogP) is 6.42. The molecule has 0 atom stereocenters. The van der Waals surface area contributed by atoms with Crippen molar-refractivity contribution in [3.05, 3.63) is 98.2 Å². The lowest BCUT2D eigenvalue weighted by Crippen LogP contribution is -2.24. The number of anilines is 1. The summed E-state index contributed by atoms with van der Waals surface area (Å²) in [4.78, 5) is 27.6. The first kappa shape index (κ1) is 23.8. The Morgan fingerprint density at radius 2 is 1.68 bits per heavy atom. The lowest BCUT2D eigenvalue weighted by molar-refractivity contribution is -0.136. The number of methoxy groups -OCH3 is 1. The van der Waals surface area contributed by atoms with Crippen molar-refractivity contribution >= 4 is 46.8 Å². The molecule has 0 aliphatic carbocycles. The fourth-order valence-corrected chi connectivity index (χ4v) is 4.77. The van der Waals surface area contributed by atoms with E-state index < -0.39 is 11.9 Å². The molecule has 1 aromatic heterocycles. The molecule has 5 nitrogen and oxygen atoms in total. The molecule has 2 heterocycles. The zero-order valence-corrected chi connectivity index (χ0v) is 20.5. The Morgan fingerprint density at radius 3 is 2.29 bits per heavy atom. The normalized spacial score (nSPS) is 15.0. The molecule has 0 unspecified atom stereocenters. The van der Waals surface area contributed by atoms with E-state index in [1.807, 2.05) is 19.9 Å². The summed E-state index contributed by atoms with van der Waals surface area (Å²) in [5.74, 6) is -1.43. The molecule has 0 fully saturated rings. The highest BCUT2D eigenvalue weighted by Gasteiger charge is 2.38. The summed E-state index contributed by atoms with van der Waals surface area (Å²) in [6.45, 7) is 5.33. The average Bonchev–Trinajstić information content (AvgIpc) is 3.19. The molecule has 4 rings (SSSR count). The lowest BCUT2D eigenvalue weighted by Gasteiger charge is -2.18. The first-order chi connectivity index (χ1) is 16.1. The number of carbonyl (C=O) groups is 2. The zero-order chi connectivity index (χ0) is 24.7. The maximum Gasteiger partial charge on any atom is 0.340 e. The first-order valence-corrected chi connectivity index (χ1v) is 11.1. The molecule has 34 heavy (non-hydrogen) atoms. The highest BCUT2D eigenvalue weighted by atomic mass is 35.5. The Hall–Kier alpha value is -3.35. The molecule has 0 N–H and O–H groups in total. The van der Waals surface area contributed by atoms with Gasteiger partial charge in [-0.1, -0.05) is 35.3 Å². The summed E-state index contributed by atoms with van der Waals surface area (Å²) >= 11 is 12.3. The number of aryl methyl sites for hydroxylation is 1. The van der Waals surface area contributed by atoms with E-state index in [2.05, 4.69) is 0 Å².